The van der Waals surface area contributed by atoms with E-state index in [0.717, 1.165) is 24.3 Å². The van der Waals surface area contributed by atoms with E-state index in [9.17, 15) is 4.79 Å². The summed E-state index contributed by atoms with van der Waals surface area (Å²) < 4.78 is 0. The van der Waals surface area contributed by atoms with Gasteiger partial charge in [0.05, 0.1) is 0 Å². The minimum atomic E-state index is 0. The van der Waals surface area contributed by atoms with E-state index in [2.05, 4.69) is 23.6 Å². The van der Waals surface area contributed by atoms with Crippen LogP contribution in [0.15, 0.2) is 24.3 Å². The molecule has 2 N–H and O–H groups in total. The molecule has 0 aliphatic heterocycles. The van der Waals surface area contributed by atoms with E-state index in [0.29, 0.717) is 5.92 Å². The zero-order valence-electron chi connectivity index (χ0n) is 11.6. The lowest BCUT2D eigenvalue weighted by Gasteiger charge is -2.14. The molecular weight excluding hydrogens is 260 g/mol. The largest absolute Gasteiger partial charge is 0.326 e. The van der Waals surface area contributed by atoms with Gasteiger partial charge in [0, 0.05) is 18.2 Å². The molecular formula is C15H23ClN2O. The highest BCUT2D eigenvalue weighted by molar-refractivity contribution is 5.93. The number of rotatable bonds is 6. The Hall–Kier alpha value is -1.06. The second-order valence-corrected chi connectivity index (χ2v) is 5.05. The molecule has 0 aromatic heterocycles. The van der Waals surface area contributed by atoms with Crippen molar-refractivity contribution in [3.63, 3.8) is 0 Å². The van der Waals surface area contributed by atoms with Crippen LogP contribution in [0, 0.1) is 11.8 Å². The molecule has 1 aliphatic carbocycles. The molecule has 1 saturated carbocycles. The van der Waals surface area contributed by atoms with Crippen molar-refractivity contribution >= 4 is 24.0 Å². The monoisotopic (exact) mass is 282 g/mol. The molecule has 106 valence electrons. The highest BCUT2D eigenvalue weighted by Crippen LogP contribution is 2.37. The molecule has 0 saturated heterocycles. The van der Waals surface area contributed by atoms with Gasteiger partial charge in [-0.25, -0.2) is 0 Å². The molecule has 1 aromatic rings. The number of nitrogens with one attached hydrogen (secondary N) is 2. The summed E-state index contributed by atoms with van der Waals surface area (Å²) in [6, 6.07) is 8.00. The topological polar surface area (TPSA) is 41.1 Å². The predicted molar refractivity (Wildman–Crippen MR) is 81.6 cm³/mol. The molecule has 0 radical (unpaired) electrons. The van der Waals surface area contributed by atoms with Crippen LogP contribution in [-0.4, -0.2) is 12.5 Å². The zero-order valence-corrected chi connectivity index (χ0v) is 12.4. The Labute approximate surface area is 121 Å². The zero-order chi connectivity index (χ0) is 13.0. The summed E-state index contributed by atoms with van der Waals surface area (Å²) in [4.78, 5) is 12.1. The Kier molecular flexibility index (Phi) is 6.32. The smallest absolute Gasteiger partial charge is 0.227 e. The third kappa shape index (κ3) is 4.51. The second-order valence-electron chi connectivity index (χ2n) is 5.05. The molecule has 1 aliphatic rings. The number of carbonyl (C=O) groups excluding carboxylic acids is 1. The predicted octanol–water partition coefficient (Wildman–Crippen LogP) is 3.20. The molecule has 2 rings (SSSR count). The minimum Gasteiger partial charge on any atom is -0.326 e. The first-order valence-corrected chi connectivity index (χ1v) is 6.82. The number of benzene rings is 1. The number of anilines is 1. The van der Waals surface area contributed by atoms with Crippen LogP contribution in [-0.2, 0) is 11.3 Å². The average molecular weight is 283 g/mol. The second kappa shape index (κ2) is 7.51. The molecule has 1 amide bonds. The van der Waals surface area contributed by atoms with Gasteiger partial charge < -0.3 is 10.6 Å². The first-order chi connectivity index (χ1) is 8.72. The molecule has 1 unspecified atom stereocenters. The summed E-state index contributed by atoms with van der Waals surface area (Å²) in [7, 11) is 0. The van der Waals surface area contributed by atoms with Crippen LogP contribution in [0.1, 0.15) is 32.3 Å². The SMILES string of the molecule is CCNCc1ccccc1NC(=O)C(C)C1CC1.Cl. The van der Waals surface area contributed by atoms with Crippen LogP contribution >= 0.6 is 12.4 Å². The van der Waals surface area contributed by atoms with Crippen molar-refractivity contribution in [1.82, 2.24) is 5.32 Å². The third-order valence-electron chi connectivity index (χ3n) is 3.58. The Balaban J connectivity index is 0.00000180. The Bertz CT molecular complexity index is 418. The van der Waals surface area contributed by atoms with Gasteiger partial charge in [-0.15, -0.1) is 12.4 Å². The first kappa shape index (κ1) is 16.0. The fourth-order valence-corrected chi connectivity index (χ4v) is 2.11. The normalized spacial score (nSPS) is 15.5. The van der Waals surface area contributed by atoms with E-state index < -0.39 is 0 Å². The van der Waals surface area contributed by atoms with Gasteiger partial charge in [-0.05, 0) is 36.9 Å². The van der Waals surface area contributed by atoms with Crippen molar-refractivity contribution < 1.29 is 4.79 Å². The van der Waals surface area contributed by atoms with E-state index in [1.807, 2.05) is 25.1 Å². The van der Waals surface area contributed by atoms with Crippen molar-refractivity contribution in [3.8, 4) is 0 Å². The summed E-state index contributed by atoms with van der Waals surface area (Å²) in [5.41, 5.74) is 2.09. The van der Waals surface area contributed by atoms with Crippen LogP contribution in [0.25, 0.3) is 0 Å². The fraction of sp³-hybridized carbons (Fsp3) is 0.533. The quantitative estimate of drug-likeness (QED) is 0.841. The summed E-state index contributed by atoms with van der Waals surface area (Å²) in [5, 5.41) is 6.35. The maximum Gasteiger partial charge on any atom is 0.227 e. The first-order valence-electron chi connectivity index (χ1n) is 6.82. The summed E-state index contributed by atoms with van der Waals surface area (Å²) in [6.45, 7) is 5.84. The third-order valence-corrected chi connectivity index (χ3v) is 3.58. The molecule has 1 fully saturated rings. The van der Waals surface area contributed by atoms with Gasteiger partial charge in [0.1, 0.15) is 0 Å². The van der Waals surface area contributed by atoms with Crippen molar-refractivity contribution in [2.24, 2.45) is 11.8 Å². The highest BCUT2D eigenvalue weighted by atomic mass is 35.5. The van der Waals surface area contributed by atoms with Crippen LogP contribution in [0.5, 0.6) is 0 Å². The Morgan fingerprint density at radius 3 is 2.68 bits per heavy atom. The molecule has 0 heterocycles. The van der Waals surface area contributed by atoms with Gasteiger partial charge >= 0.3 is 0 Å². The maximum atomic E-state index is 12.1. The number of para-hydroxylation sites is 1. The van der Waals surface area contributed by atoms with Crippen LogP contribution < -0.4 is 10.6 Å². The van der Waals surface area contributed by atoms with Crippen molar-refractivity contribution in [1.29, 1.82) is 0 Å². The molecule has 4 heteroatoms. The minimum absolute atomic E-state index is 0. The van der Waals surface area contributed by atoms with Gasteiger partial charge in [0.25, 0.3) is 0 Å². The maximum absolute atomic E-state index is 12.1. The van der Waals surface area contributed by atoms with Gasteiger partial charge in [-0.1, -0.05) is 32.0 Å². The number of hydrogen-bond acceptors (Lipinski definition) is 2. The van der Waals surface area contributed by atoms with Crippen molar-refractivity contribution in [2.75, 3.05) is 11.9 Å². The lowest BCUT2D eigenvalue weighted by Crippen LogP contribution is -2.23. The average Bonchev–Trinajstić information content (AvgIpc) is 3.21. The van der Waals surface area contributed by atoms with E-state index in [1.165, 1.54) is 12.8 Å². The standard InChI is InChI=1S/C15H22N2O.ClH/c1-3-16-10-13-6-4-5-7-14(13)17-15(18)11(2)12-8-9-12;/h4-7,11-12,16H,3,8-10H2,1-2H3,(H,17,18);1H. The lowest BCUT2D eigenvalue weighted by molar-refractivity contribution is -0.119. The number of halogens is 1. The van der Waals surface area contributed by atoms with E-state index in [1.54, 1.807) is 0 Å². The molecule has 1 aromatic carbocycles. The summed E-state index contributed by atoms with van der Waals surface area (Å²) in [6.07, 6.45) is 2.40. The van der Waals surface area contributed by atoms with E-state index >= 15 is 0 Å². The molecule has 3 nitrogen and oxygen atoms in total. The van der Waals surface area contributed by atoms with Gasteiger partial charge in [0.2, 0.25) is 5.91 Å². The highest BCUT2D eigenvalue weighted by Gasteiger charge is 2.32. The lowest BCUT2D eigenvalue weighted by atomic mass is 10.1. The van der Waals surface area contributed by atoms with Gasteiger partial charge in [-0.3, -0.25) is 4.79 Å². The number of amides is 1. The van der Waals surface area contributed by atoms with Crippen molar-refractivity contribution in [2.45, 2.75) is 33.2 Å². The molecule has 0 bridgehead atoms. The Morgan fingerprint density at radius 1 is 1.37 bits per heavy atom. The van der Waals surface area contributed by atoms with Crippen LogP contribution in [0.2, 0.25) is 0 Å². The van der Waals surface area contributed by atoms with E-state index in [-0.39, 0.29) is 24.2 Å². The van der Waals surface area contributed by atoms with Crippen LogP contribution in [0.4, 0.5) is 5.69 Å². The van der Waals surface area contributed by atoms with E-state index in [4.69, 9.17) is 0 Å². The van der Waals surface area contributed by atoms with Crippen molar-refractivity contribution in [3.05, 3.63) is 29.8 Å². The Morgan fingerprint density at radius 2 is 2.05 bits per heavy atom. The summed E-state index contributed by atoms with van der Waals surface area (Å²) >= 11 is 0. The number of carbonyl (C=O) groups is 1. The molecule has 19 heavy (non-hydrogen) atoms. The van der Waals surface area contributed by atoms with Gasteiger partial charge in [0.15, 0.2) is 0 Å². The summed E-state index contributed by atoms with van der Waals surface area (Å²) in [5.74, 6) is 0.893. The fourth-order valence-electron chi connectivity index (χ4n) is 2.11. The van der Waals surface area contributed by atoms with Gasteiger partial charge in [-0.2, -0.15) is 0 Å². The van der Waals surface area contributed by atoms with Crippen LogP contribution in [0.3, 0.4) is 0 Å². The number of hydrogen-bond donors (Lipinski definition) is 2. The molecule has 0 spiro atoms. The molecule has 1 atom stereocenters.